The summed E-state index contributed by atoms with van der Waals surface area (Å²) in [4.78, 5) is 0. The van der Waals surface area contributed by atoms with Gasteiger partial charge in [-0.3, -0.25) is 0 Å². The molecule has 0 aromatic carbocycles. The van der Waals surface area contributed by atoms with E-state index in [0.29, 0.717) is 0 Å². The van der Waals surface area contributed by atoms with Crippen LogP contribution in [0.4, 0.5) is 29.4 Å². The van der Waals surface area contributed by atoms with Crippen LogP contribution in [0.25, 0.3) is 0 Å². The maximum atomic E-state index is 13.5. The van der Waals surface area contributed by atoms with E-state index in [2.05, 4.69) is 0 Å². The molecule has 0 aromatic heterocycles. The van der Waals surface area contributed by atoms with Crippen molar-refractivity contribution in [3.05, 3.63) is 0 Å². The second kappa shape index (κ2) is 4.20. The monoisotopic (exact) mass is 344 g/mol. The van der Waals surface area contributed by atoms with Crippen LogP contribution in [-0.2, 0) is 4.57 Å². The van der Waals surface area contributed by atoms with Gasteiger partial charge in [0.05, 0.1) is 0 Å². The number of rotatable bonds is 2. The second-order valence-corrected chi connectivity index (χ2v) is 9.94. The zero-order chi connectivity index (χ0) is 13.7. The topological polar surface area (TPSA) is 57.4 Å². The van der Waals surface area contributed by atoms with Crippen molar-refractivity contribution in [1.29, 1.82) is 0 Å². The molecule has 1 aliphatic rings. The highest BCUT2D eigenvalue weighted by Gasteiger charge is 2.48. The number of nitrogens with zero attached hydrogens (tertiary/aromatic N) is 4. The lowest BCUT2D eigenvalue weighted by Gasteiger charge is -2.23. The Balaban J connectivity index is 3.53. The smallest absolute Gasteiger partial charge is 0.231 e. The predicted octanol–water partition coefficient (Wildman–Crippen LogP) is 6.67. The molecule has 0 N–H and O–H groups in total. The Labute approximate surface area is 91.0 Å². The van der Waals surface area contributed by atoms with E-state index < -0.39 is 35.7 Å². The van der Waals surface area contributed by atoms with Crippen molar-refractivity contribution in [1.82, 2.24) is 4.44 Å². The van der Waals surface area contributed by atoms with Crippen molar-refractivity contribution in [3.8, 4) is 0 Å². The molecule has 1 rings (SSSR count). The van der Waals surface area contributed by atoms with Gasteiger partial charge in [-0.05, 0) is 0 Å². The van der Waals surface area contributed by atoms with Crippen LogP contribution < -0.4 is 0 Å². The Morgan fingerprint density at radius 1 is 0.941 bits per heavy atom. The second-order valence-electron chi connectivity index (χ2n) is 2.60. The molecule has 1 atom stereocenters. The SMILES string of the molecule is CN(P(=O)(F)F)P1(F)=NP(F)(F)=NP(F)(F)=N1. The first-order chi connectivity index (χ1) is 7.28. The molecule has 0 amide bonds. The molecule has 0 aromatic rings. The molecule has 102 valence electrons. The van der Waals surface area contributed by atoms with Crippen LogP contribution in [0.15, 0.2) is 13.5 Å². The standard InChI is InChI=1S/CH3F7N4OP4/c1-12(16(6,7)13)17(8)10-14(2,3)9-15(4,5)11-17/h1H3. The van der Waals surface area contributed by atoms with Gasteiger partial charge < -0.3 is 0 Å². The fourth-order valence-electron chi connectivity index (χ4n) is 0.705. The number of hydrogen-bond donors (Lipinski definition) is 0. The Bertz CT molecular complexity index is 529. The first kappa shape index (κ1) is 15.4. The van der Waals surface area contributed by atoms with E-state index >= 15 is 0 Å². The van der Waals surface area contributed by atoms with Gasteiger partial charge in [-0.15, -0.1) is 43.2 Å². The van der Waals surface area contributed by atoms with Crippen molar-refractivity contribution in [2.24, 2.45) is 13.5 Å². The number of hydrogen-bond acceptors (Lipinski definition) is 4. The first-order valence-corrected chi connectivity index (χ1v) is 9.34. The summed E-state index contributed by atoms with van der Waals surface area (Å²) in [5, 5.41) is 0. The highest BCUT2D eigenvalue weighted by atomic mass is 31.3. The zero-order valence-electron chi connectivity index (χ0n) is 7.63. The van der Waals surface area contributed by atoms with Crippen LogP contribution in [0.2, 0.25) is 0 Å². The van der Waals surface area contributed by atoms with E-state index in [4.69, 9.17) is 0 Å². The van der Waals surface area contributed by atoms with Crippen LogP contribution in [-0.4, -0.2) is 11.5 Å². The molecule has 1 heterocycles. The highest BCUT2D eigenvalue weighted by molar-refractivity contribution is 7.81. The van der Waals surface area contributed by atoms with Gasteiger partial charge >= 0.3 is 31.2 Å². The maximum Gasteiger partial charge on any atom is 0.490 e. The minimum absolute atomic E-state index is 0.104. The van der Waals surface area contributed by atoms with Crippen molar-refractivity contribution in [2.75, 3.05) is 7.05 Å². The van der Waals surface area contributed by atoms with Crippen LogP contribution in [0.3, 0.4) is 0 Å². The minimum atomic E-state index is -6.36. The van der Waals surface area contributed by atoms with Crippen LogP contribution in [0.1, 0.15) is 0 Å². The first-order valence-electron chi connectivity index (χ1n) is 3.41. The van der Waals surface area contributed by atoms with E-state index in [1.165, 1.54) is 0 Å². The van der Waals surface area contributed by atoms with Crippen molar-refractivity contribution >= 4 is 31.2 Å². The van der Waals surface area contributed by atoms with Crippen LogP contribution in [0.5, 0.6) is 0 Å². The third-order valence-electron chi connectivity index (χ3n) is 1.36. The lowest BCUT2D eigenvalue weighted by atomic mass is 11.6. The number of halogens is 7. The van der Waals surface area contributed by atoms with Gasteiger partial charge in [0, 0.05) is 7.05 Å². The third kappa shape index (κ3) is 3.67. The van der Waals surface area contributed by atoms with Gasteiger partial charge in [-0.1, -0.05) is 0 Å². The van der Waals surface area contributed by atoms with E-state index in [1.54, 1.807) is 4.52 Å². The summed E-state index contributed by atoms with van der Waals surface area (Å²) in [6.45, 7) is 0. The van der Waals surface area contributed by atoms with Crippen molar-refractivity contribution in [3.63, 3.8) is 0 Å². The molecule has 0 radical (unpaired) electrons. The lowest BCUT2D eigenvalue weighted by molar-refractivity contribution is 0.447. The summed E-state index contributed by atoms with van der Waals surface area (Å²) < 4.78 is 103. The van der Waals surface area contributed by atoms with Crippen molar-refractivity contribution < 1.29 is 33.9 Å². The molecule has 5 nitrogen and oxygen atoms in total. The summed E-state index contributed by atoms with van der Waals surface area (Å²) >= 11 is 0. The largest absolute Gasteiger partial charge is 0.490 e. The Kier molecular flexibility index (Phi) is 3.82. The molecule has 0 aliphatic carbocycles. The summed E-state index contributed by atoms with van der Waals surface area (Å²) in [6, 6.07) is 0. The minimum Gasteiger partial charge on any atom is -0.231 e. The molecule has 0 saturated heterocycles. The van der Waals surface area contributed by atoms with Gasteiger partial charge in [0.25, 0.3) is 0 Å². The van der Waals surface area contributed by atoms with Gasteiger partial charge in [-0.25, -0.2) is 4.57 Å². The summed E-state index contributed by atoms with van der Waals surface area (Å²) in [5.41, 5.74) is 0. The van der Waals surface area contributed by atoms with Gasteiger partial charge in [0.2, 0.25) is 0 Å². The molecular weight excluding hydrogens is 341 g/mol. The van der Waals surface area contributed by atoms with E-state index in [1.807, 2.05) is 9.03 Å². The summed E-state index contributed by atoms with van der Waals surface area (Å²) in [7, 11) is -24.1. The molecule has 1 unspecified atom stereocenters. The normalized spacial score (nSPS) is 31.4. The fraction of sp³-hybridized carbons (Fsp3) is 1.00. The third-order valence-corrected chi connectivity index (χ3v) is 9.35. The summed E-state index contributed by atoms with van der Waals surface area (Å²) in [5.74, 6) is 0. The van der Waals surface area contributed by atoms with E-state index in [-0.39, 0.29) is 7.05 Å². The van der Waals surface area contributed by atoms with E-state index in [9.17, 15) is 33.9 Å². The molecule has 0 saturated carbocycles. The Morgan fingerprint density at radius 3 is 1.71 bits per heavy atom. The summed E-state index contributed by atoms with van der Waals surface area (Å²) in [6.07, 6.45) is 0. The zero-order valence-corrected chi connectivity index (χ0v) is 11.2. The Morgan fingerprint density at radius 2 is 1.35 bits per heavy atom. The highest BCUT2D eigenvalue weighted by Crippen LogP contribution is 2.85. The lowest BCUT2D eigenvalue weighted by Crippen LogP contribution is -2.03. The molecule has 16 heteroatoms. The van der Waals surface area contributed by atoms with Gasteiger partial charge in [0.1, 0.15) is 0 Å². The average molecular weight is 344 g/mol. The van der Waals surface area contributed by atoms with Crippen LogP contribution in [0, 0.1) is 0 Å². The Hall–Kier alpha value is 0.390. The molecule has 0 bridgehead atoms. The molecular formula is CH3F7N4OP4. The van der Waals surface area contributed by atoms with Gasteiger partial charge in [0.15, 0.2) is 0 Å². The van der Waals surface area contributed by atoms with E-state index in [0.717, 1.165) is 0 Å². The van der Waals surface area contributed by atoms with Crippen LogP contribution >= 0.6 is 31.2 Å². The fourth-order valence-corrected chi connectivity index (χ4v) is 7.96. The molecule has 17 heavy (non-hydrogen) atoms. The maximum absolute atomic E-state index is 13.5. The quantitative estimate of drug-likeness (QED) is 0.415. The average Bonchev–Trinajstić information content (AvgIpc) is 1.93. The molecule has 1 aliphatic heterocycles. The van der Waals surface area contributed by atoms with Crippen molar-refractivity contribution in [2.45, 2.75) is 0 Å². The molecule has 0 spiro atoms. The van der Waals surface area contributed by atoms with Gasteiger partial charge in [-0.2, -0.15) is 4.20 Å². The molecule has 0 fully saturated rings. The predicted molar refractivity (Wildman–Crippen MR) is 51.2 cm³/mol.